The van der Waals surface area contributed by atoms with Crippen LogP contribution in [0.1, 0.15) is 0 Å². The minimum absolute atomic E-state index is 0.562. The topological polar surface area (TPSA) is 51.6 Å². The number of halogens is 1. The van der Waals surface area contributed by atoms with Crippen LogP contribution in [0.15, 0.2) is 152 Å². The van der Waals surface area contributed by atoms with Gasteiger partial charge in [-0.1, -0.05) is 127 Å². The molecule has 0 spiro atoms. The van der Waals surface area contributed by atoms with Gasteiger partial charge in [0.2, 0.25) is 0 Å². The van der Waals surface area contributed by atoms with Crippen LogP contribution in [-0.2, 0) is 0 Å². The molecule has 0 N–H and O–H groups in total. The van der Waals surface area contributed by atoms with Gasteiger partial charge in [-0.15, -0.1) is 0 Å². The molecule has 7 rings (SSSR count). The molecule has 0 aliphatic carbocycles. The minimum Gasteiger partial charge on any atom is -0.264 e. The summed E-state index contributed by atoms with van der Waals surface area (Å²) in [4.78, 5) is 19.0. The van der Waals surface area contributed by atoms with Gasteiger partial charge < -0.3 is 0 Å². The van der Waals surface area contributed by atoms with Gasteiger partial charge in [0.1, 0.15) is 0 Å². The predicted octanol–water partition coefficient (Wildman–Crippen LogP) is 9.92. The van der Waals surface area contributed by atoms with E-state index in [0.29, 0.717) is 22.5 Å². The number of aromatic nitrogens is 4. The molecule has 0 atom stereocenters. The zero-order valence-electron chi connectivity index (χ0n) is 23.1. The van der Waals surface area contributed by atoms with Gasteiger partial charge in [0.05, 0.1) is 0 Å². The van der Waals surface area contributed by atoms with E-state index in [4.69, 9.17) is 26.6 Å². The van der Waals surface area contributed by atoms with Crippen LogP contribution in [0, 0.1) is 0 Å². The molecular weight excluding hydrogens is 548 g/mol. The molecule has 0 fully saturated rings. The third-order valence-corrected chi connectivity index (χ3v) is 7.50. The van der Waals surface area contributed by atoms with Gasteiger partial charge in [-0.2, -0.15) is 0 Å². The quantitative estimate of drug-likeness (QED) is 0.199. The number of hydrogen-bond acceptors (Lipinski definition) is 4. The van der Waals surface area contributed by atoms with Crippen LogP contribution < -0.4 is 0 Å². The molecule has 4 nitrogen and oxygen atoms in total. The number of benzene rings is 5. The van der Waals surface area contributed by atoms with Crippen molar-refractivity contribution in [3.63, 3.8) is 0 Å². The van der Waals surface area contributed by atoms with Gasteiger partial charge in [0, 0.05) is 34.1 Å². The van der Waals surface area contributed by atoms with Gasteiger partial charge in [-0.3, -0.25) is 4.98 Å². The maximum atomic E-state index is 6.69. The molecule has 0 aliphatic heterocycles. The van der Waals surface area contributed by atoms with Crippen molar-refractivity contribution in [2.45, 2.75) is 0 Å². The summed E-state index contributed by atoms with van der Waals surface area (Å²) >= 11 is 6.69. The van der Waals surface area contributed by atoms with E-state index in [1.807, 2.05) is 72.9 Å². The fraction of sp³-hybridized carbons (Fsp3) is 0. The van der Waals surface area contributed by atoms with Gasteiger partial charge in [-0.05, 0) is 57.6 Å². The summed E-state index contributed by atoms with van der Waals surface area (Å²) in [5.74, 6) is 1.77. The maximum absolute atomic E-state index is 6.69. The summed E-state index contributed by atoms with van der Waals surface area (Å²) in [7, 11) is 0. The summed E-state index contributed by atoms with van der Waals surface area (Å²) in [6, 6.07) is 46.9. The van der Waals surface area contributed by atoms with Crippen LogP contribution in [0.3, 0.4) is 0 Å². The van der Waals surface area contributed by atoms with Crippen molar-refractivity contribution in [2.75, 3.05) is 0 Å². The number of nitrogens with zero attached hydrogens (tertiary/aromatic N) is 4. The van der Waals surface area contributed by atoms with E-state index in [-0.39, 0.29) is 0 Å². The first-order valence-corrected chi connectivity index (χ1v) is 14.4. The average Bonchev–Trinajstić information content (AvgIpc) is 3.09. The highest BCUT2D eigenvalue weighted by Crippen LogP contribution is 2.32. The van der Waals surface area contributed by atoms with E-state index >= 15 is 0 Å². The Morgan fingerprint density at radius 2 is 0.767 bits per heavy atom. The van der Waals surface area contributed by atoms with Crippen molar-refractivity contribution in [3.8, 4) is 67.5 Å². The lowest BCUT2D eigenvalue weighted by Gasteiger charge is -2.11. The molecule has 7 aromatic rings. The largest absolute Gasteiger partial charge is 0.264 e. The molecule has 43 heavy (non-hydrogen) atoms. The number of pyridine rings is 1. The Kier molecular flexibility index (Phi) is 7.26. The molecule has 0 saturated heterocycles. The predicted molar refractivity (Wildman–Crippen MR) is 175 cm³/mol. The molecular formula is C38H25ClN4. The second-order valence-electron chi connectivity index (χ2n) is 10.2. The van der Waals surface area contributed by atoms with Gasteiger partial charge >= 0.3 is 0 Å². The second-order valence-corrected chi connectivity index (χ2v) is 10.6. The molecule has 2 heterocycles. The molecule has 0 radical (unpaired) electrons. The van der Waals surface area contributed by atoms with E-state index in [1.54, 1.807) is 6.20 Å². The Hall–Kier alpha value is -5.45. The summed E-state index contributed by atoms with van der Waals surface area (Å²) < 4.78 is 0. The summed E-state index contributed by atoms with van der Waals surface area (Å²) in [5, 5.41) is 0.610. The molecule has 0 aliphatic rings. The smallest absolute Gasteiger partial charge is 0.164 e. The van der Waals surface area contributed by atoms with Crippen molar-refractivity contribution in [3.05, 3.63) is 157 Å². The van der Waals surface area contributed by atoms with Gasteiger partial charge in [0.15, 0.2) is 17.5 Å². The van der Waals surface area contributed by atoms with Crippen molar-refractivity contribution >= 4 is 11.6 Å². The maximum Gasteiger partial charge on any atom is 0.164 e. The lowest BCUT2D eigenvalue weighted by molar-refractivity contribution is 1.07. The lowest BCUT2D eigenvalue weighted by atomic mass is 9.99. The molecule has 204 valence electrons. The molecule has 0 amide bonds. The fourth-order valence-electron chi connectivity index (χ4n) is 5.07. The molecule has 0 bridgehead atoms. The fourth-order valence-corrected chi connectivity index (χ4v) is 5.30. The van der Waals surface area contributed by atoms with E-state index < -0.39 is 0 Å². The summed E-state index contributed by atoms with van der Waals surface area (Å²) in [6.07, 6.45) is 3.64. The Bertz CT molecular complexity index is 1990. The normalized spacial score (nSPS) is 10.9. The second kappa shape index (κ2) is 11.8. The van der Waals surface area contributed by atoms with Crippen LogP contribution >= 0.6 is 11.6 Å². The Labute approximate surface area is 255 Å². The minimum atomic E-state index is 0.562. The number of rotatable bonds is 6. The third kappa shape index (κ3) is 5.82. The Morgan fingerprint density at radius 3 is 1.35 bits per heavy atom. The first kappa shape index (κ1) is 26.4. The molecule has 5 aromatic carbocycles. The van der Waals surface area contributed by atoms with Crippen LogP contribution in [0.25, 0.3) is 67.5 Å². The van der Waals surface area contributed by atoms with Crippen molar-refractivity contribution in [1.82, 2.24) is 19.9 Å². The van der Waals surface area contributed by atoms with Crippen LogP contribution in [0.5, 0.6) is 0 Å². The van der Waals surface area contributed by atoms with E-state index in [1.165, 1.54) is 0 Å². The zero-order chi connectivity index (χ0) is 29.0. The van der Waals surface area contributed by atoms with Crippen molar-refractivity contribution < 1.29 is 0 Å². The summed E-state index contributed by atoms with van der Waals surface area (Å²) in [6.45, 7) is 0. The standard InChI is InChI=1S/C38H25ClN4/c39-35-23-33(29-15-13-28(14-16-29)32-12-7-21-40-25-32)22-34(24-35)38-42-36(30-10-5-2-6-11-30)41-37(43-38)31-19-17-27(18-20-31)26-8-3-1-4-9-26/h1-25H. The Morgan fingerprint density at radius 1 is 0.349 bits per heavy atom. The van der Waals surface area contributed by atoms with E-state index in [0.717, 1.165) is 50.1 Å². The average molecular weight is 573 g/mol. The third-order valence-electron chi connectivity index (χ3n) is 7.29. The highest BCUT2D eigenvalue weighted by molar-refractivity contribution is 6.31. The SMILES string of the molecule is Clc1cc(-c2ccc(-c3cccnc3)cc2)cc(-c2nc(-c3ccccc3)nc(-c3ccc(-c4ccccc4)cc3)n2)c1. The first-order chi connectivity index (χ1) is 21.2. The number of hydrogen-bond donors (Lipinski definition) is 0. The first-order valence-electron chi connectivity index (χ1n) is 14.0. The molecule has 2 aromatic heterocycles. The highest BCUT2D eigenvalue weighted by atomic mass is 35.5. The molecule has 0 saturated carbocycles. The van der Waals surface area contributed by atoms with E-state index in [9.17, 15) is 0 Å². The van der Waals surface area contributed by atoms with Crippen molar-refractivity contribution in [2.24, 2.45) is 0 Å². The van der Waals surface area contributed by atoms with Crippen LogP contribution in [0.4, 0.5) is 0 Å². The highest BCUT2D eigenvalue weighted by Gasteiger charge is 2.14. The monoisotopic (exact) mass is 572 g/mol. The molecule has 5 heteroatoms. The lowest BCUT2D eigenvalue weighted by Crippen LogP contribution is -2.00. The molecule has 0 unspecified atom stereocenters. The van der Waals surface area contributed by atoms with E-state index in [2.05, 4.69) is 77.8 Å². The van der Waals surface area contributed by atoms with Gasteiger partial charge in [0.25, 0.3) is 0 Å². The van der Waals surface area contributed by atoms with Gasteiger partial charge in [-0.25, -0.2) is 15.0 Å². The Balaban J connectivity index is 1.29. The summed E-state index contributed by atoms with van der Waals surface area (Å²) in [5.41, 5.74) is 9.15. The van der Waals surface area contributed by atoms with Crippen LogP contribution in [-0.4, -0.2) is 19.9 Å². The van der Waals surface area contributed by atoms with Crippen LogP contribution in [0.2, 0.25) is 5.02 Å². The zero-order valence-corrected chi connectivity index (χ0v) is 23.9. The van der Waals surface area contributed by atoms with Crippen molar-refractivity contribution in [1.29, 1.82) is 0 Å².